The Kier molecular flexibility index (Phi) is 4.95. The fourth-order valence-electron chi connectivity index (χ4n) is 2.28. The number of rotatable bonds is 3. The highest BCUT2D eigenvalue weighted by Crippen LogP contribution is 2.40. The van der Waals surface area contributed by atoms with Crippen LogP contribution in [0.4, 0.5) is 4.79 Å². The van der Waals surface area contributed by atoms with Gasteiger partial charge in [0.2, 0.25) is 0 Å². The van der Waals surface area contributed by atoms with E-state index >= 15 is 0 Å². The Morgan fingerprint density at radius 2 is 2.13 bits per heavy atom. The molecule has 2 aliphatic heterocycles. The number of carboxylic acids is 1. The molecule has 9 heteroatoms. The Balaban J connectivity index is 2.14. The standard InChI is InChI=1S/C14H17ClN2O5S/c1-14(2,3)22-13(21)16-8-10(18)17-9(12(19)20)7(4-5-15)6-23-11(8)17/h4-5,8,11H,6H2,1-3H3,(H,16,21)(H,19,20)/b5-4+/t8?,11-/m0/s1. The van der Waals surface area contributed by atoms with E-state index < -0.39 is 35.0 Å². The summed E-state index contributed by atoms with van der Waals surface area (Å²) in [7, 11) is 0. The van der Waals surface area contributed by atoms with E-state index in [1.165, 1.54) is 28.3 Å². The molecule has 0 radical (unpaired) electrons. The second kappa shape index (κ2) is 6.45. The van der Waals surface area contributed by atoms with Crippen molar-refractivity contribution in [1.29, 1.82) is 0 Å². The molecule has 1 fully saturated rings. The first kappa shape index (κ1) is 17.7. The van der Waals surface area contributed by atoms with Crippen molar-refractivity contribution in [3.05, 3.63) is 22.9 Å². The smallest absolute Gasteiger partial charge is 0.408 e. The molecule has 1 unspecified atom stereocenters. The van der Waals surface area contributed by atoms with E-state index in [2.05, 4.69) is 5.32 Å². The van der Waals surface area contributed by atoms with Crippen LogP contribution in [-0.4, -0.2) is 50.7 Å². The molecule has 0 aliphatic carbocycles. The highest BCUT2D eigenvalue weighted by molar-refractivity contribution is 8.00. The number of nitrogens with one attached hydrogen (secondary N) is 1. The van der Waals surface area contributed by atoms with Crippen molar-refractivity contribution >= 4 is 41.3 Å². The lowest BCUT2D eigenvalue weighted by molar-refractivity contribution is -0.149. The van der Waals surface area contributed by atoms with Crippen LogP contribution in [-0.2, 0) is 14.3 Å². The number of allylic oxidation sites excluding steroid dienone is 1. The van der Waals surface area contributed by atoms with Gasteiger partial charge in [-0.15, -0.1) is 11.8 Å². The number of β-lactam (4-membered cyclic amide) rings is 1. The lowest BCUT2D eigenvalue weighted by Gasteiger charge is -2.49. The number of carbonyl (C=O) groups is 3. The number of halogens is 1. The number of nitrogens with zero attached hydrogens (tertiary/aromatic N) is 1. The average molecular weight is 361 g/mol. The Morgan fingerprint density at radius 1 is 1.48 bits per heavy atom. The first-order chi connectivity index (χ1) is 10.7. The highest BCUT2D eigenvalue weighted by atomic mass is 35.5. The number of carboxylic acid groups (broad SMARTS) is 1. The summed E-state index contributed by atoms with van der Waals surface area (Å²) < 4.78 is 5.12. The number of hydrogen-bond acceptors (Lipinski definition) is 5. The molecule has 2 heterocycles. The summed E-state index contributed by atoms with van der Waals surface area (Å²) in [5.41, 5.74) is 0.885. The van der Waals surface area contributed by atoms with Crippen LogP contribution >= 0.6 is 23.4 Å². The molecule has 0 aromatic heterocycles. The van der Waals surface area contributed by atoms with Crippen molar-refractivity contribution in [3.63, 3.8) is 0 Å². The van der Waals surface area contributed by atoms with Crippen molar-refractivity contribution in [3.8, 4) is 0 Å². The van der Waals surface area contributed by atoms with Crippen LogP contribution in [0.5, 0.6) is 0 Å². The fourth-order valence-corrected chi connectivity index (χ4v) is 3.75. The molecule has 7 nitrogen and oxygen atoms in total. The molecule has 0 spiro atoms. The topological polar surface area (TPSA) is 95.9 Å². The molecule has 1 saturated heterocycles. The maximum atomic E-state index is 12.2. The largest absolute Gasteiger partial charge is 0.477 e. The molecule has 2 N–H and O–H groups in total. The number of thioether (sulfide) groups is 1. The quantitative estimate of drug-likeness (QED) is 0.746. The van der Waals surface area contributed by atoms with Gasteiger partial charge in [0, 0.05) is 11.3 Å². The van der Waals surface area contributed by atoms with Crippen molar-refractivity contribution in [2.45, 2.75) is 37.8 Å². The Bertz CT molecular complexity index is 611. The van der Waals surface area contributed by atoms with E-state index in [1.54, 1.807) is 20.8 Å². The minimum atomic E-state index is -1.20. The van der Waals surface area contributed by atoms with Gasteiger partial charge in [-0.25, -0.2) is 9.59 Å². The molecule has 2 rings (SSSR count). The van der Waals surface area contributed by atoms with E-state index in [0.717, 1.165) is 0 Å². The number of aliphatic carboxylic acids is 1. The third-order valence-electron chi connectivity index (χ3n) is 3.14. The lowest BCUT2D eigenvalue weighted by atomic mass is 10.0. The van der Waals surface area contributed by atoms with Crippen LogP contribution in [0.2, 0.25) is 0 Å². The molecule has 0 saturated carbocycles. The maximum Gasteiger partial charge on any atom is 0.408 e. The monoisotopic (exact) mass is 360 g/mol. The number of carbonyl (C=O) groups excluding carboxylic acids is 2. The van der Waals surface area contributed by atoms with Crippen LogP contribution in [0, 0.1) is 0 Å². The van der Waals surface area contributed by atoms with Crippen LogP contribution < -0.4 is 5.32 Å². The van der Waals surface area contributed by atoms with Crippen LogP contribution in [0.25, 0.3) is 0 Å². The third kappa shape index (κ3) is 3.64. The van der Waals surface area contributed by atoms with Gasteiger partial charge in [-0.2, -0.15) is 0 Å². The molecule has 2 amide bonds. The van der Waals surface area contributed by atoms with Gasteiger partial charge in [0.25, 0.3) is 5.91 Å². The Morgan fingerprint density at radius 3 is 2.65 bits per heavy atom. The van der Waals surface area contributed by atoms with Crippen molar-refractivity contribution in [1.82, 2.24) is 10.2 Å². The minimum Gasteiger partial charge on any atom is -0.477 e. The molecule has 0 aromatic rings. The summed E-state index contributed by atoms with van der Waals surface area (Å²) in [6.07, 6.45) is 0.749. The van der Waals surface area contributed by atoms with Gasteiger partial charge in [-0.3, -0.25) is 9.69 Å². The maximum absolute atomic E-state index is 12.2. The van der Waals surface area contributed by atoms with Crippen molar-refractivity contribution < 1.29 is 24.2 Å². The molecule has 126 valence electrons. The summed E-state index contributed by atoms with van der Waals surface area (Å²) in [5.74, 6) is -1.30. The number of hydrogen-bond donors (Lipinski definition) is 2. The van der Waals surface area contributed by atoms with Gasteiger partial charge in [-0.05, 0) is 32.4 Å². The van der Waals surface area contributed by atoms with Crippen LogP contribution in [0.3, 0.4) is 0 Å². The molecule has 0 bridgehead atoms. The Hall–Kier alpha value is -1.67. The predicted molar refractivity (Wildman–Crippen MR) is 85.9 cm³/mol. The van der Waals surface area contributed by atoms with E-state index in [4.69, 9.17) is 16.3 Å². The average Bonchev–Trinajstić information content (AvgIpc) is 2.42. The zero-order valence-corrected chi connectivity index (χ0v) is 14.4. The number of amides is 2. The van der Waals surface area contributed by atoms with Gasteiger partial charge in [-0.1, -0.05) is 11.6 Å². The molecular formula is C14H17ClN2O5S. The molecule has 0 aromatic carbocycles. The van der Waals surface area contributed by atoms with Crippen molar-refractivity contribution in [2.24, 2.45) is 0 Å². The highest BCUT2D eigenvalue weighted by Gasteiger charge is 2.54. The van der Waals surface area contributed by atoms with E-state index in [-0.39, 0.29) is 5.70 Å². The molecule has 2 atom stereocenters. The number of ether oxygens (including phenoxy) is 1. The summed E-state index contributed by atoms with van der Waals surface area (Å²) in [6, 6.07) is -0.800. The fraction of sp³-hybridized carbons (Fsp3) is 0.500. The summed E-state index contributed by atoms with van der Waals surface area (Å²) in [6.45, 7) is 5.15. The summed E-state index contributed by atoms with van der Waals surface area (Å²) in [4.78, 5) is 36.7. The van der Waals surface area contributed by atoms with Gasteiger partial charge < -0.3 is 15.2 Å². The predicted octanol–water partition coefficient (Wildman–Crippen LogP) is 1.89. The van der Waals surface area contributed by atoms with Gasteiger partial charge >= 0.3 is 12.1 Å². The third-order valence-corrected chi connectivity index (χ3v) is 4.56. The summed E-state index contributed by atoms with van der Waals surface area (Å²) in [5, 5.41) is 11.4. The molecular weight excluding hydrogens is 344 g/mol. The molecule has 2 aliphatic rings. The summed E-state index contributed by atoms with van der Waals surface area (Å²) >= 11 is 6.87. The van der Waals surface area contributed by atoms with Gasteiger partial charge in [0.1, 0.15) is 22.7 Å². The van der Waals surface area contributed by atoms with Crippen LogP contribution in [0.1, 0.15) is 20.8 Å². The van der Waals surface area contributed by atoms with Gasteiger partial charge in [0.05, 0.1) is 0 Å². The zero-order valence-electron chi connectivity index (χ0n) is 12.8. The van der Waals surface area contributed by atoms with E-state index in [9.17, 15) is 19.5 Å². The van der Waals surface area contributed by atoms with Gasteiger partial charge in [0.15, 0.2) is 0 Å². The van der Waals surface area contributed by atoms with Crippen molar-refractivity contribution in [2.75, 3.05) is 5.75 Å². The lowest BCUT2D eigenvalue weighted by Crippen LogP contribution is -2.70. The first-order valence-electron chi connectivity index (χ1n) is 6.83. The zero-order chi connectivity index (χ0) is 17.4. The SMILES string of the molecule is CC(C)(C)OC(=O)NC1C(=O)N2C(C(=O)O)=C(/C=C/Cl)CS[C@@H]12. The number of fused-ring (bicyclic) bond motifs is 1. The Labute approximate surface area is 142 Å². The normalized spacial score (nSPS) is 24.3. The number of alkyl carbamates (subject to hydrolysis) is 1. The van der Waals surface area contributed by atoms with Crippen LogP contribution in [0.15, 0.2) is 22.9 Å². The minimum absolute atomic E-state index is 0.0992. The molecule has 23 heavy (non-hydrogen) atoms. The second-order valence-corrected chi connectivity index (χ2v) is 7.36. The second-order valence-electron chi connectivity index (χ2n) is 6.01. The van der Waals surface area contributed by atoms with E-state index in [1.807, 2.05) is 0 Å². The first-order valence-corrected chi connectivity index (χ1v) is 8.31. The van der Waals surface area contributed by atoms with E-state index in [0.29, 0.717) is 11.3 Å².